The summed E-state index contributed by atoms with van der Waals surface area (Å²) in [5.41, 5.74) is 0.629. The summed E-state index contributed by atoms with van der Waals surface area (Å²) in [5, 5.41) is 2.15. The average Bonchev–Trinajstić information content (AvgIpc) is 2.54. The van der Waals surface area contributed by atoms with Gasteiger partial charge in [0.2, 0.25) is 5.43 Å². The number of rotatable bonds is 1. The fourth-order valence-electron chi connectivity index (χ4n) is 2.80. The van der Waals surface area contributed by atoms with Gasteiger partial charge in [0.1, 0.15) is 11.4 Å². The number of fused-ring (bicyclic) bond motifs is 4. The number of halogens is 1. The van der Waals surface area contributed by atoms with Crippen LogP contribution >= 0.6 is 0 Å². The second-order valence-corrected chi connectivity index (χ2v) is 5.07. The van der Waals surface area contributed by atoms with E-state index in [1.807, 2.05) is 0 Å². The van der Waals surface area contributed by atoms with E-state index in [4.69, 9.17) is 9.15 Å². The van der Waals surface area contributed by atoms with E-state index in [0.717, 1.165) is 5.39 Å². The highest BCUT2D eigenvalue weighted by Crippen LogP contribution is 2.30. The van der Waals surface area contributed by atoms with Crippen LogP contribution in [0.5, 0.6) is 5.75 Å². The minimum Gasteiger partial charge on any atom is -0.493 e. The van der Waals surface area contributed by atoms with Crippen LogP contribution in [-0.2, 0) is 0 Å². The fraction of sp³-hybridized carbons (Fsp3) is 0.0556. The molecule has 3 nitrogen and oxygen atoms in total. The van der Waals surface area contributed by atoms with Crippen LogP contribution in [0.2, 0.25) is 0 Å². The monoisotopic (exact) mass is 294 g/mol. The SMILES string of the molecule is COc1cccc2c(=O)c3c(ccc4ccc(F)cc43)oc12. The summed E-state index contributed by atoms with van der Waals surface area (Å²) in [7, 11) is 1.52. The van der Waals surface area contributed by atoms with Gasteiger partial charge < -0.3 is 9.15 Å². The Kier molecular flexibility index (Phi) is 2.66. The van der Waals surface area contributed by atoms with Gasteiger partial charge in [0.25, 0.3) is 0 Å². The van der Waals surface area contributed by atoms with Gasteiger partial charge in [0.15, 0.2) is 11.3 Å². The quantitative estimate of drug-likeness (QED) is 0.389. The van der Waals surface area contributed by atoms with Crippen molar-refractivity contribution >= 4 is 32.7 Å². The molecule has 4 heteroatoms. The average molecular weight is 294 g/mol. The zero-order valence-corrected chi connectivity index (χ0v) is 11.7. The smallest absolute Gasteiger partial charge is 0.201 e. The molecular weight excluding hydrogens is 283 g/mol. The molecule has 0 saturated heterocycles. The molecule has 0 fully saturated rings. The Morgan fingerprint density at radius 1 is 1.05 bits per heavy atom. The summed E-state index contributed by atoms with van der Waals surface area (Å²) in [5.74, 6) is 0.112. The molecule has 0 N–H and O–H groups in total. The molecule has 1 heterocycles. The van der Waals surface area contributed by atoms with Crippen LogP contribution < -0.4 is 10.2 Å². The second-order valence-electron chi connectivity index (χ2n) is 5.07. The third kappa shape index (κ3) is 1.70. The summed E-state index contributed by atoms with van der Waals surface area (Å²) < 4.78 is 24.7. The van der Waals surface area contributed by atoms with Gasteiger partial charge in [0, 0.05) is 0 Å². The van der Waals surface area contributed by atoms with Gasteiger partial charge >= 0.3 is 0 Å². The summed E-state index contributed by atoms with van der Waals surface area (Å²) in [4.78, 5) is 12.8. The second kappa shape index (κ2) is 4.56. The largest absolute Gasteiger partial charge is 0.493 e. The van der Waals surface area contributed by atoms with Crippen LogP contribution in [-0.4, -0.2) is 7.11 Å². The predicted molar refractivity (Wildman–Crippen MR) is 84.0 cm³/mol. The van der Waals surface area contributed by atoms with Gasteiger partial charge in [-0.1, -0.05) is 18.2 Å². The Hall–Kier alpha value is -2.88. The van der Waals surface area contributed by atoms with Crippen LogP contribution in [0.4, 0.5) is 4.39 Å². The topological polar surface area (TPSA) is 39.4 Å². The van der Waals surface area contributed by atoms with E-state index in [9.17, 15) is 9.18 Å². The minimum absolute atomic E-state index is 0.189. The molecule has 0 bridgehead atoms. The number of hydrogen-bond acceptors (Lipinski definition) is 3. The molecule has 4 rings (SSSR count). The van der Waals surface area contributed by atoms with Crippen LogP contribution in [0.25, 0.3) is 32.7 Å². The first kappa shape index (κ1) is 12.8. The van der Waals surface area contributed by atoms with E-state index in [-0.39, 0.29) is 11.2 Å². The highest BCUT2D eigenvalue weighted by molar-refractivity contribution is 6.08. The maximum absolute atomic E-state index is 13.6. The molecule has 0 aliphatic carbocycles. The van der Waals surface area contributed by atoms with Gasteiger partial charge in [-0.05, 0) is 41.1 Å². The summed E-state index contributed by atoms with van der Waals surface area (Å²) in [6, 6.07) is 13.1. The zero-order valence-electron chi connectivity index (χ0n) is 11.7. The van der Waals surface area contributed by atoms with Gasteiger partial charge in [-0.15, -0.1) is 0 Å². The zero-order chi connectivity index (χ0) is 15.3. The Labute approximate surface area is 124 Å². The third-order valence-corrected chi connectivity index (χ3v) is 3.83. The molecule has 1 aromatic heterocycles. The lowest BCUT2D eigenvalue weighted by atomic mass is 10.0. The normalized spacial score (nSPS) is 11.4. The first-order valence-corrected chi connectivity index (χ1v) is 6.81. The van der Waals surface area contributed by atoms with Crippen molar-refractivity contribution in [3.05, 3.63) is 64.6 Å². The first-order valence-electron chi connectivity index (χ1n) is 6.81. The number of methoxy groups -OCH3 is 1. The molecule has 0 saturated carbocycles. The Bertz CT molecular complexity index is 1100. The lowest BCUT2D eigenvalue weighted by Crippen LogP contribution is -2.03. The maximum Gasteiger partial charge on any atom is 0.201 e. The van der Waals surface area contributed by atoms with E-state index < -0.39 is 0 Å². The predicted octanol–water partition coefficient (Wildman–Crippen LogP) is 4.25. The number of ether oxygens (including phenoxy) is 1. The minimum atomic E-state index is -0.384. The Morgan fingerprint density at radius 3 is 2.68 bits per heavy atom. The van der Waals surface area contributed by atoms with Crippen molar-refractivity contribution in [1.29, 1.82) is 0 Å². The summed E-state index contributed by atoms with van der Waals surface area (Å²) in [6.07, 6.45) is 0. The highest BCUT2D eigenvalue weighted by atomic mass is 19.1. The number of benzene rings is 3. The molecular formula is C18H11FO3. The van der Waals surface area contributed by atoms with Gasteiger partial charge in [0.05, 0.1) is 17.9 Å². The molecule has 3 aromatic carbocycles. The maximum atomic E-state index is 13.6. The van der Waals surface area contributed by atoms with Crippen molar-refractivity contribution in [3.63, 3.8) is 0 Å². The molecule has 0 amide bonds. The number of hydrogen-bond donors (Lipinski definition) is 0. The van der Waals surface area contributed by atoms with E-state index in [1.54, 1.807) is 36.4 Å². The van der Waals surface area contributed by atoms with E-state index in [2.05, 4.69) is 0 Å². The molecule has 0 aliphatic heterocycles. The standard InChI is InChI=1S/C18H11FO3/c1-21-15-4-2-3-12-17(20)16-13-9-11(19)7-5-10(13)6-8-14(16)22-18(12)15/h2-9H,1H3. The molecule has 0 aliphatic rings. The number of para-hydroxylation sites is 1. The van der Waals surface area contributed by atoms with Crippen LogP contribution in [0.15, 0.2) is 57.7 Å². The van der Waals surface area contributed by atoms with Crippen LogP contribution in [0, 0.1) is 5.82 Å². The van der Waals surface area contributed by atoms with Crippen LogP contribution in [0.3, 0.4) is 0 Å². The van der Waals surface area contributed by atoms with Crippen molar-refractivity contribution in [2.75, 3.05) is 7.11 Å². The summed E-state index contributed by atoms with van der Waals surface area (Å²) in [6.45, 7) is 0. The molecule has 0 unspecified atom stereocenters. The van der Waals surface area contributed by atoms with Crippen molar-refractivity contribution in [3.8, 4) is 5.75 Å². The molecule has 0 atom stereocenters. The summed E-state index contributed by atoms with van der Waals surface area (Å²) >= 11 is 0. The van der Waals surface area contributed by atoms with Crippen LogP contribution in [0.1, 0.15) is 0 Å². The van der Waals surface area contributed by atoms with Gasteiger partial charge in [-0.25, -0.2) is 4.39 Å². The molecule has 108 valence electrons. The Balaban J connectivity index is 2.30. The van der Waals surface area contributed by atoms with Crippen molar-refractivity contribution < 1.29 is 13.5 Å². The first-order chi connectivity index (χ1) is 10.7. The molecule has 22 heavy (non-hydrogen) atoms. The van der Waals surface area contributed by atoms with E-state index in [1.165, 1.54) is 19.2 Å². The van der Waals surface area contributed by atoms with Gasteiger partial charge in [-0.3, -0.25) is 4.79 Å². The molecule has 4 aromatic rings. The lowest BCUT2D eigenvalue weighted by molar-refractivity contribution is 0.411. The lowest BCUT2D eigenvalue weighted by Gasteiger charge is -2.07. The fourth-order valence-corrected chi connectivity index (χ4v) is 2.80. The molecule has 0 spiro atoms. The van der Waals surface area contributed by atoms with E-state index >= 15 is 0 Å². The van der Waals surface area contributed by atoms with Crippen molar-refractivity contribution in [2.24, 2.45) is 0 Å². The third-order valence-electron chi connectivity index (χ3n) is 3.83. The van der Waals surface area contributed by atoms with Crippen molar-refractivity contribution in [1.82, 2.24) is 0 Å². The van der Waals surface area contributed by atoms with Gasteiger partial charge in [-0.2, -0.15) is 0 Å². The highest BCUT2D eigenvalue weighted by Gasteiger charge is 2.14. The van der Waals surface area contributed by atoms with E-state index in [0.29, 0.717) is 33.1 Å². The van der Waals surface area contributed by atoms with Crippen molar-refractivity contribution in [2.45, 2.75) is 0 Å². The molecule has 0 radical (unpaired) electrons. The Morgan fingerprint density at radius 2 is 1.86 bits per heavy atom.